The summed E-state index contributed by atoms with van der Waals surface area (Å²) >= 11 is 0. The van der Waals surface area contributed by atoms with E-state index in [4.69, 9.17) is 0 Å². The highest BCUT2D eigenvalue weighted by Crippen LogP contribution is 2.22. The van der Waals surface area contributed by atoms with Crippen LogP contribution in [-0.4, -0.2) is 42.8 Å². The quantitative estimate of drug-likeness (QED) is 0.559. The highest BCUT2D eigenvalue weighted by molar-refractivity contribution is 5.94. The van der Waals surface area contributed by atoms with Gasteiger partial charge in [0.05, 0.1) is 17.9 Å². The highest BCUT2D eigenvalue weighted by atomic mass is 16.2. The van der Waals surface area contributed by atoms with E-state index in [-0.39, 0.29) is 12.5 Å². The molecule has 0 aliphatic rings. The number of carbonyl (C=O) groups is 1. The molecule has 8 nitrogen and oxygen atoms in total. The molecular weight excluding hydrogens is 356 g/mol. The first kappa shape index (κ1) is 17.5. The lowest BCUT2D eigenvalue weighted by Crippen LogP contribution is -2.28. The smallest absolute Gasteiger partial charge is 0.333 e. The van der Waals surface area contributed by atoms with Crippen LogP contribution in [0.2, 0.25) is 0 Å². The average Bonchev–Trinajstić information content (AvgIpc) is 3.35. The first-order valence-electron chi connectivity index (χ1n) is 8.72. The van der Waals surface area contributed by atoms with Crippen molar-refractivity contribution in [2.75, 3.05) is 7.05 Å². The molecule has 2 N–H and O–H groups in total. The van der Waals surface area contributed by atoms with Gasteiger partial charge in [-0.05, 0) is 18.2 Å². The fourth-order valence-corrected chi connectivity index (χ4v) is 2.92. The Morgan fingerprint density at radius 1 is 1.07 bits per heavy atom. The zero-order valence-electron chi connectivity index (χ0n) is 15.2. The topological polar surface area (TPSA) is 99.7 Å². The Labute approximate surface area is 160 Å². The second-order valence-electron chi connectivity index (χ2n) is 6.31. The van der Waals surface area contributed by atoms with E-state index in [1.165, 1.54) is 4.90 Å². The number of nitrogens with one attached hydrogen (secondary N) is 2. The monoisotopic (exact) mass is 374 g/mol. The molecule has 0 atom stereocenters. The van der Waals surface area contributed by atoms with Gasteiger partial charge in [-0.15, -0.1) is 0 Å². The fraction of sp³-hybridized carbons (Fsp3) is 0.100. The summed E-state index contributed by atoms with van der Waals surface area (Å²) in [7, 11) is 1.65. The van der Waals surface area contributed by atoms with Crippen LogP contribution in [-0.2, 0) is 6.54 Å². The molecule has 2 aromatic carbocycles. The van der Waals surface area contributed by atoms with Crippen molar-refractivity contribution < 1.29 is 4.79 Å². The Morgan fingerprint density at radius 2 is 1.75 bits per heavy atom. The van der Waals surface area contributed by atoms with Crippen molar-refractivity contribution >= 4 is 5.91 Å². The van der Waals surface area contributed by atoms with Gasteiger partial charge in [0.1, 0.15) is 5.69 Å². The van der Waals surface area contributed by atoms with Crippen molar-refractivity contribution in [2.24, 2.45) is 0 Å². The van der Waals surface area contributed by atoms with E-state index < -0.39 is 5.69 Å². The maximum absolute atomic E-state index is 13.1. The molecule has 2 heterocycles. The van der Waals surface area contributed by atoms with Gasteiger partial charge < -0.3 is 4.90 Å². The number of aromatic amines is 2. The van der Waals surface area contributed by atoms with E-state index in [1.54, 1.807) is 17.8 Å². The van der Waals surface area contributed by atoms with Gasteiger partial charge in [-0.1, -0.05) is 48.5 Å². The first-order chi connectivity index (χ1) is 13.6. The standard InChI is InChI=1S/C20H18N6O2/c1-25(13-18-21-20(28)23-22-18)19(27)17-12-16(14-8-4-2-5-9-14)24-26(17)15-10-6-3-7-11-15/h2-12H,13H2,1H3,(H2,21,22,23,28). The van der Waals surface area contributed by atoms with Crippen LogP contribution in [0.1, 0.15) is 16.3 Å². The third-order valence-corrected chi connectivity index (χ3v) is 4.28. The Balaban J connectivity index is 1.72. The number of nitrogens with zero attached hydrogens (tertiary/aromatic N) is 4. The van der Waals surface area contributed by atoms with Gasteiger partial charge in [0.25, 0.3) is 5.91 Å². The summed E-state index contributed by atoms with van der Waals surface area (Å²) in [4.78, 5) is 28.4. The maximum atomic E-state index is 13.1. The summed E-state index contributed by atoms with van der Waals surface area (Å²) in [6.45, 7) is 0.165. The molecule has 0 aliphatic heterocycles. The minimum absolute atomic E-state index is 0.165. The molecule has 140 valence electrons. The van der Waals surface area contributed by atoms with Crippen LogP contribution in [0.15, 0.2) is 71.5 Å². The van der Waals surface area contributed by atoms with E-state index in [0.717, 1.165) is 11.3 Å². The predicted octanol–water partition coefficient (Wildman–Crippen LogP) is 2.22. The van der Waals surface area contributed by atoms with Crippen molar-refractivity contribution in [1.29, 1.82) is 0 Å². The van der Waals surface area contributed by atoms with Gasteiger partial charge in [-0.25, -0.2) is 14.6 Å². The minimum atomic E-state index is -0.406. The number of hydrogen-bond acceptors (Lipinski definition) is 4. The second-order valence-corrected chi connectivity index (χ2v) is 6.31. The summed E-state index contributed by atoms with van der Waals surface area (Å²) in [6.07, 6.45) is 0. The number of rotatable bonds is 5. The van der Waals surface area contributed by atoms with Gasteiger partial charge >= 0.3 is 5.69 Å². The lowest BCUT2D eigenvalue weighted by atomic mass is 10.1. The van der Waals surface area contributed by atoms with Crippen LogP contribution in [0.25, 0.3) is 16.9 Å². The molecule has 1 amide bonds. The van der Waals surface area contributed by atoms with Crippen LogP contribution < -0.4 is 5.69 Å². The van der Waals surface area contributed by atoms with Gasteiger partial charge in [0.15, 0.2) is 5.82 Å². The summed E-state index contributed by atoms with van der Waals surface area (Å²) in [5, 5.41) is 10.8. The predicted molar refractivity (Wildman–Crippen MR) is 104 cm³/mol. The number of H-pyrrole nitrogens is 2. The molecule has 4 rings (SSSR count). The zero-order valence-corrected chi connectivity index (χ0v) is 15.2. The Hall–Kier alpha value is -3.94. The fourth-order valence-electron chi connectivity index (χ4n) is 2.92. The molecule has 0 radical (unpaired) electrons. The van der Waals surface area contributed by atoms with Crippen LogP contribution >= 0.6 is 0 Å². The Kier molecular flexibility index (Phi) is 4.59. The molecule has 8 heteroatoms. The molecule has 0 aliphatic carbocycles. The van der Waals surface area contributed by atoms with Crippen molar-refractivity contribution in [1.82, 2.24) is 29.9 Å². The number of carbonyl (C=O) groups excluding carboxylic acids is 1. The normalized spacial score (nSPS) is 10.8. The van der Waals surface area contributed by atoms with Gasteiger partial charge in [-0.2, -0.15) is 10.2 Å². The number of amides is 1. The third kappa shape index (κ3) is 3.48. The summed E-state index contributed by atoms with van der Waals surface area (Å²) in [6, 6.07) is 20.9. The van der Waals surface area contributed by atoms with Crippen molar-refractivity contribution in [3.05, 3.63) is 88.7 Å². The van der Waals surface area contributed by atoms with Crippen LogP contribution in [0.4, 0.5) is 0 Å². The lowest BCUT2D eigenvalue weighted by molar-refractivity contribution is 0.0772. The Bertz CT molecular complexity index is 1140. The van der Waals surface area contributed by atoms with Crippen LogP contribution in [0.3, 0.4) is 0 Å². The molecule has 0 fully saturated rings. The molecule has 4 aromatic rings. The summed E-state index contributed by atoms with van der Waals surface area (Å²) < 4.78 is 1.63. The highest BCUT2D eigenvalue weighted by Gasteiger charge is 2.21. The summed E-state index contributed by atoms with van der Waals surface area (Å²) in [5.74, 6) is 0.150. The molecule has 2 aromatic heterocycles. The molecule has 0 saturated heterocycles. The SMILES string of the molecule is CN(Cc1n[nH]c(=O)[nH]1)C(=O)c1cc(-c2ccccc2)nn1-c1ccccc1. The van der Waals surface area contributed by atoms with Crippen LogP contribution in [0, 0.1) is 0 Å². The lowest BCUT2D eigenvalue weighted by Gasteiger charge is -2.16. The van der Waals surface area contributed by atoms with E-state index in [0.29, 0.717) is 17.2 Å². The van der Waals surface area contributed by atoms with E-state index in [9.17, 15) is 9.59 Å². The number of benzene rings is 2. The number of hydrogen-bond donors (Lipinski definition) is 2. The van der Waals surface area contributed by atoms with E-state index in [1.807, 2.05) is 60.7 Å². The maximum Gasteiger partial charge on any atom is 0.340 e. The molecule has 0 saturated carbocycles. The molecule has 28 heavy (non-hydrogen) atoms. The second kappa shape index (κ2) is 7.36. The van der Waals surface area contributed by atoms with Crippen molar-refractivity contribution in [3.63, 3.8) is 0 Å². The van der Waals surface area contributed by atoms with E-state index >= 15 is 0 Å². The van der Waals surface area contributed by atoms with Gasteiger partial charge in [0.2, 0.25) is 0 Å². The van der Waals surface area contributed by atoms with Crippen LogP contribution in [0.5, 0.6) is 0 Å². The zero-order chi connectivity index (χ0) is 19.5. The largest absolute Gasteiger partial charge is 0.340 e. The molecular formula is C20H18N6O2. The third-order valence-electron chi connectivity index (χ3n) is 4.28. The first-order valence-corrected chi connectivity index (χ1v) is 8.72. The Morgan fingerprint density at radius 3 is 2.39 bits per heavy atom. The summed E-state index contributed by atoms with van der Waals surface area (Å²) in [5.41, 5.74) is 2.43. The number of para-hydroxylation sites is 1. The average molecular weight is 374 g/mol. The van der Waals surface area contributed by atoms with Gasteiger partial charge in [-0.3, -0.25) is 9.78 Å². The minimum Gasteiger partial charge on any atom is -0.333 e. The van der Waals surface area contributed by atoms with Crippen molar-refractivity contribution in [2.45, 2.75) is 6.54 Å². The molecule has 0 unspecified atom stereocenters. The van der Waals surface area contributed by atoms with Crippen molar-refractivity contribution in [3.8, 4) is 16.9 Å². The number of aromatic nitrogens is 5. The van der Waals surface area contributed by atoms with E-state index in [2.05, 4.69) is 20.3 Å². The molecule has 0 bridgehead atoms. The van der Waals surface area contributed by atoms with Gasteiger partial charge in [0, 0.05) is 12.6 Å². The molecule has 0 spiro atoms.